The Labute approximate surface area is 112 Å². The molecule has 1 N–H and O–H groups in total. The van der Waals surface area contributed by atoms with Gasteiger partial charge in [-0.05, 0) is 81.0 Å². The van der Waals surface area contributed by atoms with Crippen molar-refractivity contribution in [3.05, 3.63) is 0 Å². The van der Waals surface area contributed by atoms with Gasteiger partial charge < -0.3 is 5.32 Å². The topological polar surface area (TPSA) is 12.0 Å². The molecule has 0 aromatic carbocycles. The lowest BCUT2D eigenvalue weighted by molar-refractivity contribution is -0.0190. The van der Waals surface area contributed by atoms with Crippen molar-refractivity contribution in [2.45, 2.75) is 76.8 Å². The van der Waals surface area contributed by atoms with Crippen molar-refractivity contribution in [2.75, 3.05) is 0 Å². The summed E-state index contributed by atoms with van der Waals surface area (Å²) < 4.78 is 0. The Bertz CT molecular complexity index is 279. The molecule has 1 heteroatoms. The van der Waals surface area contributed by atoms with Crippen LogP contribution in [0.3, 0.4) is 0 Å². The minimum atomic E-state index is 0.873. The molecule has 5 rings (SSSR count). The van der Waals surface area contributed by atoms with E-state index >= 15 is 0 Å². The standard InChI is InChI=1S/C17H29N/c1-2-3-16(13-4-5-13)18-17-14-7-11-6-12(9-14)10-15(17)8-11/h11-18H,2-10H2,1H3. The van der Waals surface area contributed by atoms with Crippen molar-refractivity contribution in [3.63, 3.8) is 0 Å². The Morgan fingerprint density at radius 2 is 1.56 bits per heavy atom. The molecule has 0 amide bonds. The van der Waals surface area contributed by atoms with Crippen LogP contribution < -0.4 is 5.32 Å². The molecule has 0 aromatic heterocycles. The third-order valence-electron chi connectivity index (χ3n) is 6.42. The van der Waals surface area contributed by atoms with Gasteiger partial charge in [0.2, 0.25) is 0 Å². The first kappa shape index (κ1) is 11.8. The van der Waals surface area contributed by atoms with E-state index in [-0.39, 0.29) is 0 Å². The van der Waals surface area contributed by atoms with E-state index in [4.69, 9.17) is 0 Å². The SMILES string of the molecule is CCCC(NC1C2CC3CC(C2)CC1C3)C1CC1. The molecule has 1 unspecified atom stereocenters. The van der Waals surface area contributed by atoms with Crippen LogP contribution in [0.2, 0.25) is 0 Å². The van der Waals surface area contributed by atoms with Gasteiger partial charge in [-0.25, -0.2) is 0 Å². The zero-order chi connectivity index (χ0) is 12.1. The summed E-state index contributed by atoms with van der Waals surface area (Å²) in [5.41, 5.74) is 0. The van der Waals surface area contributed by atoms with Crippen LogP contribution >= 0.6 is 0 Å². The van der Waals surface area contributed by atoms with Gasteiger partial charge >= 0.3 is 0 Å². The molecule has 0 spiro atoms. The van der Waals surface area contributed by atoms with Crippen LogP contribution in [0.5, 0.6) is 0 Å². The lowest BCUT2D eigenvalue weighted by Gasteiger charge is -2.55. The van der Waals surface area contributed by atoms with Gasteiger partial charge in [0.05, 0.1) is 0 Å². The van der Waals surface area contributed by atoms with Crippen molar-refractivity contribution >= 4 is 0 Å². The van der Waals surface area contributed by atoms with Gasteiger partial charge in [-0.15, -0.1) is 0 Å². The highest BCUT2D eigenvalue weighted by Crippen LogP contribution is 2.54. The fraction of sp³-hybridized carbons (Fsp3) is 1.00. The van der Waals surface area contributed by atoms with Gasteiger partial charge in [-0.1, -0.05) is 13.3 Å². The van der Waals surface area contributed by atoms with Crippen molar-refractivity contribution in [1.82, 2.24) is 5.32 Å². The van der Waals surface area contributed by atoms with E-state index in [1.54, 1.807) is 32.1 Å². The quantitative estimate of drug-likeness (QED) is 0.775. The molecule has 102 valence electrons. The highest BCUT2D eigenvalue weighted by atomic mass is 15.0. The maximum atomic E-state index is 4.16. The number of hydrogen-bond donors (Lipinski definition) is 1. The van der Waals surface area contributed by atoms with Gasteiger partial charge in [0.1, 0.15) is 0 Å². The molecule has 5 fully saturated rings. The summed E-state index contributed by atoms with van der Waals surface area (Å²) in [6, 6.07) is 1.78. The fourth-order valence-electron chi connectivity index (χ4n) is 5.71. The summed E-state index contributed by atoms with van der Waals surface area (Å²) in [6.07, 6.45) is 13.6. The van der Waals surface area contributed by atoms with E-state index in [9.17, 15) is 0 Å². The van der Waals surface area contributed by atoms with Crippen molar-refractivity contribution < 1.29 is 0 Å². The summed E-state index contributed by atoms with van der Waals surface area (Å²) in [5, 5.41) is 4.16. The van der Waals surface area contributed by atoms with Crippen LogP contribution in [0.25, 0.3) is 0 Å². The van der Waals surface area contributed by atoms with Crippen molar-refractivity contribution in [1.29, 1.82) is 0 Å². The van der Waals surface area contributed by atoms with Crippen molar-refractivity contribution in [2.24, 2.45) is 29.6 Å². The minimum Gasteiger partial charge on any atom is -0.310 e. The van der Waals surface area contributed by atoms with Crippen LogP contribution in [0.4, 0.5) is 0 Å². The molecule has 0 heterocycles. The Balaban J connectivity index is 1.44. The summed E-state index contributed by atoms with van der Waals surface area (Å²) in [5.74, 6) is 5.40. The van der Waals surface area contributed by atoms with Gasteiger partial charge in [0.15, 0.2) is 0 Å². The Morgan fingerprint density at radius 3 is 2.06 bits per heavy atom. The number of hydrogen-bond acceptors (Lipinski definition) is 1. The zero-order valence-electron chi connectivity index (χ0n) is 11.9. The summed E-state index contributed by atoms with van der Waals surface area (Å²) in [7, 11) is 0. The average Bonchev–Trinajstić information content (AvgIpc) is 3.15. The normalized spacial score (nSPS) is 47.5. The maximum absolute atomic E-state index is 4.16. The molecule has 4 bridgehead atoms. The number of nitrogens with one attached hydrogen (secondary N) is 1. The van der Waals surface area contributed by atoms with E-state index in [2.05, 4.69) is 12.2 Å². The third-order valence-corrected chi connectivity index (χ3v) is 6.42. The van der Waals surface area contributed by atoms with Gasteiger partial charge in [0.25, 0.3) is 0 Å². The van der Waals surface area contributed by atoms with Crippen LogP contribution in [0.15, 0.2) is 0 Å². The molecule has 5 aliphatic carbocycles. The van der Waals surface area contributed by atoms with Crippen molar-refractivity contribution in [3.8, 4) is 0 Å². The molecule has 0 radical (unpaired) electrons. The zero-order valence-corrected chi connectivity index (χ0v) is 11.9. The maximum Gasteiger partial charge on any atom is 0.0127 e. The lowest BCUT2D eigenvalue weighted by Crippen LogP contribution is -2.57. The molecule has 0 saturated heterocycles. The summed E-state index contributed by atoms with van der Waals surface area (Å²) >= 11 is 0. The molecule has 0 aliphatic heterocycles. The molecule has 5 saturated carbocycles. The van der Waals surface area contributed by atoms with E-state index in [0.29, 0.717) is 0 Å². The molecule has 1 nitrogen and oxygen atoms in total. The van der Waals surface area contributed by atoms with Crippen LogP contribution in [0, 0.1) is 29.6 Å². The second-order valence-electron chi connectivity index (χ2n) is 7.86. The van der Waals surface area contributed by atoms with Crippen LogP contribution in [-0.4, -0.2) is 12.1 Å². The first-order valence-corrected chi connectivity index (χ1v) is 8.59. The average molecular weight is 247 g/mol. The smallest absolute Gasteiger partial charge is 0.0127 e. The van der Waals surface area contributed by atoms with Gasteiger partial charge in [-0.2, -0.15) is 0 Å². The molecule has 18 heavy (non-hydrogen) atoms. The largest absolute Gasteiger partial charge is 0.310 e. The third kappa shape index (κ3) is 2.03. The number of rotatable bonds is 5. The highest BCUT2D eigenvalue weighted by molar-refractivity contribution is 5.03. The first-order valence-electron chi connectivity index (χ1n) is 8.59. The minimum absolute atomic E-state index is 0.873. The highest BCUT2D eigenvalue weighted by Gasteiger charge is 2.49. The van der Waals surface area contributed by atoms with Crippen LogP contribution in [0.1, 0.15) is 64.7 Å². The second-order valence-corrected chi connectivity index (χ2v) is 7.86. The van der Waals surface area contributed by atoms with Gasteiger partial charge in [0, 0.05) is 12.1 Å². The molecular weight excluding hydrogens is 218 g/mol. The second kappa shape index (κ2) is 4.51. The van der Waals surface area contributed by atoms with E-state index in [0.717, 1.165) is 41.7 Å². The Hall–Kier alpha value is -0.0400. The first-order chi connectivity index (χ1) is 8.83. The Morgan fingerprint density at radius 1 is 0.944 bits per heavy atom. The predicted molar refractivity (Wildman–Crippen MR) is 75.4 cm³/mol. The Kier molecular flexibility index (Phi) is 2.94. The monoisotopic (exact) mass is 247 g/mol. The molecule has 0 aromatic rings. The van der Waals surface area contributed by atoms with E-state index < -0.39 is 0 Å². The van der Waals surface area contributed by atoms with Gasteiger partial charge in [-0.3, -0.25) is 0 Å². The predicted octanol–water partition coefficient (Wildman–Crippen LogP) is 3.98. The molecular formula is C17H29N. The molecule has 1 atom stereocenters. The fourth-order valence-corrected chi connectivity index (χ4v) is 5.71. The molecule has 5 aliphatic rings. The van der Waals surface area contributed by atoms with E-state index in [1.165, 1.54) is 25.7 Å². The van der Waals surface area contributed by atoms with E-state index in [1.807, 2.05) is 0 Å². The summed E-state index contributed by atoms with van der Waals surface area (Å²) in [4.78, 5) is 0. The lowest BCUT2D eigenvalue weighted by atomic mass is 9.54. The van der Waals surface area contributed by atoms with Crippen LogP contribution in [-0.2, 0) is 0 Å². The summed E-state index contributed by atoms with van der Waals surface area (Å²) in [6.45, 7) is 2.36.